The van der Waals surface area contributed by atoms with E-state index in [0.717, 1.165) is 16.3 Å². The summed E-state index contributed by atoms with van der Waals surface area (Å²) in [6, 6.07) is 18.7. The summed E-state index contributed by atoms with van der Waals surface area (Å²) >= 11 is 6.03. The molecule has 0 aliphatic heterocycles. The van der Waals surface area contributed by atoms with Crippen molar-refractivity contribution < 1.29 is 5.11 Å². The molecule has 3 aromatic carbocycles. The van der Waals surface area contributed by atoms with Gasteiger partial charge in [0.2, 0.25) is 0 Å². The van der Waals surface area contributed by atoms with Crippen LogP contribution in [0.1, 0.15) is 5.56 Å². The van der Waals surface area contributed by atoms with Crippen LogP contribution in [0.3, 0.4) is 0 Å². The molecule has 0 atom stereocenters. The molecular formula is C17H13ClN2O. The molecule has 0 aromatic heterocycles. The number of azo groups is 1. The predicted octanol–water partition coefficient (Wildman–Crippen LogP) is 5.48. The summed E-state index contributed by atoms with van der Waals surface area (Å²) in [6.07, 6.45) is 0. The van der Waals surface area contributed by atoms with Gasteiger partial charge in [0.15, 0.2) is 0 Å². The third-order valence-electron chi connectivity index (χ3n) is 3.28. The molecule has 0 aliphatic carbocycles. The molecule has 0 heterocycles. The summed E-state index contributed by atoms with van der Waals surface area (Å²) in [6.45, 7) is 0.304. The Morgan fingerprint density at radius 2 is 1.67 bits per heavy atom. The zero-order chi connectivity index (χ0) is 14.7. The van der Waals surface area contributed by atoms with Gasteiger partial charge in [-0.15, -0.1) is 0 Å². The summed E-state index contributed by atoms with van der Waals surface area (Å²) in [5.74, 6) is 0.229. The molecule has 3 aromatic rings. The van der Waals surface area contributed by atoms with Gasteiger partial charge in [0.25, 0.3) is 0 Å². The fourth-order valence-corrected chi connectivity index (χ4v) is 2.38. The molecule has 0 amide bonds. The van der Waals surface area contributed by atoms with E-state index in [1.165, 1.54) is 0 Å². The lowest BCUT2D eigenvalue weighted by atomic mass is 10.0. The highest BCUT2D eigenvalue weighted by Crippen LogP contribution is 2.29. The van der Waals surface area contributed by atoms with E-state index in [1.54, 1.807) is 18.2 Å². The van der Waals surface area contributed by atoms with Crippen LogP contribution < -0.4 is 0 Å². The van der Waals surface area contributed by atoms with Crippen molar-refractivity contribution in [3.8, 4) is 5.75 Å². The van der Waals surface area contributed by atoms with Crippen LogP contribution in [-0.4, -0.2) is 5.11 Å². The molecule has 104 valence electrons. The average Bonchev–Trinajstić information content (AvgIpc) is 2.51. The van der Waals surface area contributed by atoms with E-state index in [0.29, 0.717) is 17.3 Å². The van der Waals surface area contributed by atoms with Crippen LogP contribution in [0.4, 0.5) is 5.69 Å². The SMILES string of the molecule is Oc1ccc2ccccc2c1CN=Nc1ccccc1Cl. The van der Waals surface area contributed by atoms with Gasteiger partial charge < -0.3 is 5.11 Å². The van der Waals surface area contributed by atoms with Gasteiger partial charge in [-0.3, -0.25) is 0 Å². The summed E-state index contributed by atoms with van der Waals surface area (Å²) in [5, 5.41) is 20.9. The van der Waals surface area contributed by atoms with Crippen molar-refractivity contribution in [2.24, 2.45) is 10.2 Å². The molecule has 21 heavy (non-hydrogen) atoms. The highest BCUT2D eigenvalue weighted by atomic mass is 35.5. The molecule has 0 radical (unpaired) electrons. The molecule has 0 saturated heterocycles. The van der Waals surface area contributed by atoms with Crippen molar-refractivity contribution in [1.29, 1.82) is 0 Å². The van der Waals surface area contributed by atoms with E-state index >= 15 is 0 Å². The molecule has 0 spiro atoms. The third-order valence-corrected chi connectivity index (χ3v) is 3.60. The summed E-state index contributed by atoms with van der Waals surface area (Å²) in [4.78, 5) is 0. The maximum absolute atomic E-state index is 10.0. The largest absolute Gasteiger partial charge is 0.508 e. The minimum absolute atomic E-state index is 0.229. The third kappa shape index (κ3) is 2.88. The van der Waals surface area contributed by atoms with Gasteiger partial charge in [-0.25, -0.2) is 0 Å². The van der Waals surface area contributed by atoms with Gasteiger partial charge in [0.05, 0.1) is 11.6 Å². The first kappa shape index (κ1) is 13.6. The van der Waals surface area contributed by atoms with Crippen LogP contribution in [0, 0.1) is 0 Å². The van der Waals surface area contributed by atoms with E-state index in [-0.39, 0.29) is 5.75 Å². The minimum atomic E-state index is 0.229. The highest BCUT2D eigenvalue weighted by molar-refractivity contribution is 6.32. The van der Waals surface area contributed by atoms with Gasteiger partial charge in [-0.1, -0.05) is 54.1 Å². The maximum atomic E-state index is 10.0. The normalized spacial score (nSPS) is 11.3. The van der Waals surface area contributed by atoms with Crippen molar-refractivity contribution >= 4 is 28.1 Å². The standard InChI is InChI=1S/C17H13ClN2O/c18-15-7-3-4-8-16(15)20-19-11-14-13-6-2-1-5-12(13)9-10-17(14)21/h1-10,21H,11H2. The number of phenols is 1. The lowest BCUT2D eigenvalue weighted by Crippen LogP contribution is -1.85. The fourth-order valence-electron chi connectivity index (χ4n) is 2.21. The zero-order valence-corrected chi connectivity index (χ0v) is 12.0. The van der Waals surface area contributed by atoms with Gasteiger partial charge >= 0.3 is 0 Å². The van der Waals surface area contributed by atoms with E-state index < -0.39 is 0 Å². The maximum Gasteiger partial charge on any atom is 0.121 e. The van der Waals surface area contributed by atoms with E-state index in [4.69, 9.17) is 11.6 Å². The van der Waals surface area contributed by atoms with Crippen molar-refractivity contribution in [2.75, 3.05) is 0 Å². The van der Waals surface area contributed by atoms with Gasteiger partial charge in [0, 0.05) is 5.56 Å². The Hall–Kier alpha value is -2.39. The number of rotatable bonds is 3. The molecule has 3 rings (SSSR count). The van der Waals surface area contributed by atoms with Crippen molar-refractivity contribution in [1.82, 2.24) is 0 Å². The fraction of sp³-hybridized carbons (Fsp3) is 0.0588. The number of aromatic hydroxyl groups is 1. The molecule has 4 heteroatoms. The van der Waals surface area contributed by atoms with Crippen LogP contribution in [0.25, 0.3) is 10.8 Å². The molecule has 0 bridgehead atoms. The molecule has 0 aliphatic rings. The quantitative estimate of drug-likeness (QED) is 0.639. The van der Waals surface area contributed by atoms with Crippen LogP contribution >= 0.6 is 11.6 Å². The van der Waals surface area contributed by atoms with Crippen molar-refractivity contribution in [3.05, 3.63) is 71.2 Å². The van der Waals surface area contributed by atoms with Gasteiger partial charge in [-0.2, -0.15) is 10.2 Å². The average molecular weight is 297 g/mol. The molecule has 0 unspecified atom stereocenters. The Kier molecular flexibility index (Phi) is 3.84. The number of nitrogens with zero attached hydrogens (tertiary/aromatic N) is 2. The first-order valence-electron chi connectivity index (χ1n) is 6.57. The Labute approximate surface area is 127 Å². The number of hydrogen-bond acceptors (Lipinski definition) is 3. The first-order valence-corrected chi connectivity index (χ1v) is 6.95. The Morgan fingerprint density at radius 3 is 2.52 bits per heavy atom. The predicted molar refractivity (Wildman–Crippen MR) is 85.3 cm³/mol. The number of hydrogen-bond donors (Lipinski definition) is 1. The van der Waals surface area contributed by atoms with Crippen molar-refractivity contribution in [2.45, 2.75) is 6.54 Å². The molecule has 0 saturated carbocycles. The number of fused-ring (bicyclic) bond motifs is 1. The Balaban J connectivity index is 1.92. The first-order chi connectivity index (χ1) is 10.3. The minimum Gasteiger partial charge on any atom is -0.508 e. The van der Waals surface area contributed by atoms with Crippen LogP contribution in [0.5, 0.6) is 5.75 Å². The summed E-state index contributed by atoms with van der Waals surface area (Å²) < 4.78 is 0. The number of phenolic OH excluding ortho intramolecular Hbond substituents is 1. The number of benzene rings is 3. The summed E-state index contributed by atoms with van der Waals surface area (Å²) in [7, 11) is 0. The Morgan fingerprint density at radius 1 is 0.905 bits per heavy atom. The number of halogens is 1. The van der Waals surface area contributed by atoms with Crippen molar-refractivity contribution in [3.63, 3.8) is 0 Å². The van der Waals surface area contributed by atoms with Crippen LogP contribution in [0.15, 0.2) is 70.9 Å². The monoisotopic (exact) mass is 296 g/mol. The Bertz CT molecular complexity index is 815. The smallest absolute Gasteiger partial charge is 0.121 e. The lowest BCUT2D eigenvalue weighted by molar-refractivity contribution is 0.469. The zero-order valence-electron chi connectivity index (χ0n) is 11.2. The van der Waals surface area contributed by atoms with Crippen LogP contribution in [-0.2, 0) is 6.54 Å². The second kappa shape index (κ2) is 5.94. The summed E-state index contributed by atoms with van der Waals surface area (Å²) in [5.41, 5.74) is 1.39. The lowest BCUT2D eigenvalue weighted by Gasteiger charge is -2.06. The molecule has 3 nitrogen and oxygen atoms in total. The molecule has 1 N–H and O–H groups in total. The van der Waals surface area contributed by atoms with Gasteiger partial charge in [0.1, 0.15) is 11.4 Å². The van der Waals surface area contributed by atoms with E-state index in [1.807, 2.05) is 42.5 Å². The second-order valence-corrected chi connectivity index (χ2v) is 5.04. The van der Waals surface area contributed by atoms with E-state index in [9.17, 15) is 5.11 Å². The molecule has 0 fully saturated rings. The van der Waals surface area contributed by atoms with Gasteiger partial charge in [-0.05, 0) is 29.0 Å². The molecular weight excluding hydrogens is 284 g/mol. The van der Waals surface area contributed by atoms with E-state index in [2.05, 4.69) is 10.2 Å². The second-order valence-electron chi connectivity index (χ2n) is 4.64. The topological polar surface area (TPSA) is 45.0 Å². The van der Waals surface area contributed by atoms with Crippen LogP contribution in [0.2, 0.25) is 5.02 Å². The highest BCUT2D eigenvalue weighted by Gasteiger charge is 2.06.